The minimum absolute atomic E-state index is 0.117. The first-order valence-corrected chi connectivity index (χ1v) is 8.90. The van der Waals surface area contributed by atoms with Gasteiger partial charge in [0.25, 0.3) is 0 Å². The van der Waals surface area contributed by atoms with E-state index in [2.05, 4.69) is 10.2 Å². The Bertz CT molecular complexity index is 866. The minimum atomic E-state index is -4.71. The van der Waals surface area contributed by atoms with Crippen molar-refractivity contribution < 1.29 is 22.8 Å². The van der Waals surface area contributed by atoms with Gasteiger partial charge in [-0.25, -0.2) is 0 Å². The third-order valence-electron chi connectivity index (χ3n) is 4.42. The first-order chi connectivity index (χ1) is 13.3. The fourth-order valence-electron chi connectivity index (χ4n) is 2.99. The van der Waals surface area contributed by atoms with Gasteiger partial charge in [-0.3, -0.25) is 9.59 Å². The van der Waals surface area contributed by atoms with Crippen molar-refractivity contribution in [1.29, 1.82) is 0 Å². The SMILES string of the molecule is O=C(Nc1ccc(Cl)cc1C(F)(F)F)C(=O)N1CCN(c2ccccc2)CC1. The Kier molecular flexibility index (Phi) is 5.79. The molecule has 28 heavy (non-hydrogen) atoms. The highest BCUT2D eigenvalue weighted by molar-refractivity contribution is 6.39. The highest BCUT2D eigenvalue weighted by Gasteiger charge is 2.35. The lowest BCUT2D eigenvalue weighted by atomic mass is 10.1. The molecule has 2 aromatic rings. The molecule has 3 rings (SSSR count). The highest BCUT2D eigenvalue weighted by Crippen LogP contribution is 2.36. The maximum Gasteiger partial charge on any atom is 0.418 e. The van der Waals surface area contributed by atoms with E-state index < -0.39 is 29.2 Å². The van der Waals surface area contributed by atoms with Crippen LogP contribution in [0.5, 0.6) is 0 Å². The smallest absolute Gasteiger partial charge is 0.368 e. The lowest BCUT2D eigenvalue weighted by Gasteiger charge is -2.35. The molecule has 1 aliphatic heterocycles. The molecule has 5 nitrogen and oxygen atoms in total. The van der Waals surface area contributed by atoms with Crippen LogP contribution in [0.1, 0.15) is 5.56 Å². The fourth-order valence-corrected chi connectivity index (χ4v) is 3.16. The van der Waals surface area contributed by atoms with Gasteiger partial charge in [-0.1, -0.05) is 29.8 Å². The van der Waals surface area contributed by atoms with Crippen LogP contribution in [-0.2, 0) is 15.8 Å². The molecule has 1 fully saturated rings. The van der Waals surface area contributed by atoms with Crippen LogP contribution < -0.4 is 10.2 Å². The van der Waals surface area contributed by atoms with Crippen molar-refractivity contribution in [2.75, 3.05) is 36.4 Å². The monoisotopic (exact) mass is 411 g/mol. The Morgan fingerprint density at radius 3 is 2.21 bits per heavy atom. The zero-order valence-corrected chi connectivity index (χ0v) is 15.4. The van der Waals surface area contributed by atoms with Crippen molar-refractivity contribution in [3.8, 4) is 0 Å². The van der Waals surface area contributed by atoms with Crippen LogP contribution in [0, 0.1) is 0 Å². The van der Waals surface area contributed by atoms with E-state index in [1.807, 2.05) is 30.3 Å². The Morgan fingerprint density at radius 1 is 0.964 bits per heavy atom. The second kappa shape index (κ2) is 8.10. The lowest BCUT2D eigenvalue weighted by Crippen LogP contribution is -2.51. The van der Waals surface area contributed by atoms with Crippen molar-refractivity contribution >= 4 is 34.8 Å². The topological polar surface area (TPSA) is 52.7 Å². The van der Waals surface area contributed by atoms with Crippen LogP contribution in [-0.4, -0.2) is 42.9 Å². The maximum absolute atomic E-state index is 13.1. The van der Waals surface area contributed by atoms with Gasteiger partial charge in [0, 0.05) is 36.9 Å². The molecule has 148 valence electrons. The van der Waals surface area contributed by atoms with Gasteiger partial charge in [-0.15, -0.1) is 0 Å². The van der Waals surface area contributed by atoms with Crippen molar-refractivity contribution in [1.82, 2.24) is 4.90 Å². The molecule has 1 aliphatic rings. The number of piperazine rings is 1. The molecule has 9 heteroatoms. The first-order valence-electron chi connectivity index (χ1n) is 8.53. The average molecular weight is 412 g/mol. The van der Waals surface area contributed by atoms with Crippen LogP contribution in [0.15, 0.2) is 48.5 Å². The van der Waals surface area contributed by atoms with Gasteiger partial charge in [-0.05, 0) is 30.3 Å². The molecule has 0 unspecified atom stereocenters. The number of halogens is 4. The summed E-state index contributed by atoms with van der Waals surface area (Å²) < 4.78 is 39.4. The van der Waals surface area contributed by atoms with Gasteiger partial charge < -0.3 is 15.1 Å². The third-order valence-corrected chi connectivity index (χ3v) is 4.65. The Hall–Kier alpha value is -2.74. The summed E-state index contributed by atoms with van der Waals surface area (Å²) in [5, 5.41) is 1.94. The van der Waals surface area contributed by atoms with Crippen molar-refractivity contribution in [3.05, 3.63) is 59.1 Å². The van der Waals surface area contributed by atoms with E-state index in [1.54, 1.807) is 0 Å². The number of amides is 2. The number of alkyl halides is 3. The summed E-state index contributed by atoms with van der Waals surface area (Å²) in [5.41, 5.74) is -0.594. The van der Waals surface area contributed by atoms with Gasteiger partial charge >= 0.3 is 18.0 Å². The van der Waals surface area contributed by atoms with Gasteiger partial charge in [0.2, 0.25) is 0 Å². The molecule has 1 N–H and O–H groups in total. The average Bonchev–Trinajstić information content (AvgIpc) is 2.68. The number of carbonyl (C=O) groups is 2. The molecular formula is C19H17ClF3N3O2. The Balaban J connectivity index is 1.64. The number of carbonyl (C=O) groups excluding carboxylic acids is 2. The van der Waals surface area contributed by atoms with Gasteiger partial charge in [-0.2, -0.15) is 13.2 Å². The summed E-state index contributed by atoms with van der Waals surface area (Å²) in [6.45, 7) is 1.65. The van der Waals surface area contributed by atoms with Crippen molar-refractivity contribution in [3.63, 3.8) is 0 Å². The summed E-state index contributed by atoms with van der Waals surface area (Å²) in [4.78, 5) is 28.0. The number of hydrogen-bond donors (Lipinski definition) is 1. The number of benzene rings is 2. The van der Waals surface area contributed by atoms with E-state index in [0.29, 0.717) is 32.2 Å². The molecule has 0 radical (unpaired) electrons. The van der Waals surface area contributed by atoms with Crippen LogP contribution in [0.4, 0.5) is 24.5 Å². The number of rotatable bonds is 2. The summed E-state index contributed by atoms with van der Waals surface area (Å²) in [5.74, 6) is -1.98. The van der Waals surface area contributed by atoms with E-state index >= 15 is 0 Å². The molecule has 0 saturated carbocycles. The van der Waals surface area contributed by atoms with E-state index in [0.717, 1.165) is 11.8 Å². The fraction of sp³-hybridized carbons (Fsp3) is 0.263. The Labute approximate surface area is 164 Å². The summed E-state index contributed by atoms with van der Waals surface area (Å²) in [7, 11) is 0. The molecule has 0 bridgehead atoms. The molecule has 0 spiro atoms. The Morgan fingerprint density at radius 2 is 1.61 bits per heavy atom. The van der Waals surface area contributed by atoms with Crippen LogP contribution in [0.2, 0.25) is 5.02 Å². The molecule has 2 amide bonds. The molecule has 0 aliphatic carbocycles. The second-order valence-electron chi connectivity index (χ2n) is 6.26. The second-order valence-corrected chi connectivity index (χ2v) is 6.69. The zero-order valence-electron chi connectivity index (χ0n) is 14.7. The molecule has 2 aromatic carbocycles. The normalized spacial score (nSPS) is 14.7. The maximum atomic E-state index is 13.1. The van der Waals surface area contributed by atoms with E-state index in [4.69, 9.17) is 11.6 Å². The zero-order chi connectivity index (χ0) is 20.3. The summed E-state index contributed by atoms with van der Waals surface area (Å²) >= 11 is 5.62. The van der Waals surface area contributed by atoms with Gasteiger partial charge in [0.15, 0.2) is 0 Å². The number of hydrogen-bond acceptors (Lipinski definition) is 3. The van der Waals surface area contributed by atoms with Crippen molar-refractivity contribution in [2.45, 2.75) is 6.18 Å². The molecular weight excluding hydrogens is 395 g/mol. The number of nitrogens with zero attached hydrogens (tertiary/aromatic N) is 2. The minimum Gasteiger partial charge on any atom is -0.368 e. The predicted octanol–water partition coefficient (Wildman–Crippen LogP) is 3.65. The van der Waals surface area contributed by atoms with E-state index in [-0.39, 0.29) is 5.02 Å². The third kappa shape index (κ3) is 4.56. The highest BCUT2D eigenvalue weighted by atomic mass is 35.5. The van der Waals surface area contributed by atoms with Crippen LogP contribution in [0.3, 0.4) is 0 Å². The summed E-state index contributed by atoms with van der Waals surface area (Å²) in [6.07, 6.45) is -4.71. The van der Waals surface area contributed by atoms with Crippen molar-refractivity contribution in [2.24, 2.45) is 0 Å². The molecule has 0 atom stereocenters. The standard InChI is InChI=1S/C19H17ClF3N3O2/c20-13-6-7-16(15(12-13)19(21,22)23)24-17(27)18(28)26-10-8-25(9-11-26)14-4-2-1-3-5-14/h1-7,12H,8-11H2,(H,24,27). The number of para-hydroxylation sites is 1. The van der Waals surface area contributed by atoms with E-state index in [9.17, 15) is 22.8 Å². The van der Waals surface area contributed by atoms with E-state index in [1.165, 1.54) is 11.0 Å². The van der Waals surface area contributed by atoms with Gasteiger partial charge in [0.1, 0.15) is 0 Å². The van der Waals surface area contributed by atoms with Crippen LogP contribution >= 0.6 is 11.6 Å². The quantitative estimate of drug-likeness (QED) is 0.767. The summed E-state index contributed by atoms with van der Waals surface area (Å²) in [6, 6.07) is 12.6. The lowest BCUT2D eigenvalue weighted by molar-refractivity contribution is -0.143. The first kappa shape index (κ1) is 20.0. The number of anilines is 2. The van der Waals surface area contributed by atoms with Crippen LogP contribution in [0.25, 0.3) is 0 Å². The largest absolute Gasteiger partial charge is 0.418 e. The predicted molar refractivity (Wildman–Crippen MR) is 100 cm³/mol. The number of nitrogens with one attached hydrogen (secondary N) is 1. The van der Waals surface area contributed by atoms with Gasteiger partial charge in [0.05, 0.1) is 11.3 Å². The molecule has 1 heterocycles. The molecule has 1 saturated heterocycles. The molecule has 0 aromatic heterocycles.